The van der Waals surface area contributed by atoms with Gasteiger partial charge in [0.15, 0.2) is 0 Å². The fraction of sp³-hybridized carbons (Fsp3) is 0.500. The lowest BCUT2D eigenvalue weighted by atomic mass is 10.2. The minimum atomic E-state index is -3.64. The number of hydrogen-bond donors (Lipinski definition) is 2. The summed E-state index contributed by atoms with van der Waals surface area (Å²) in [5.74, 6) is 0.189. The van der Waals surface area contributed by atoms with Gasteiger partial charge in [-0.15, -0.1) is 0 Å². The minimum absolute atomic E-state index is 0.0936. The van der Waals surface area contributed by atoms with Gasteiger partial charge in [0.25, 0.3) is 0 Å². The Kier molecular flexibility index (Phi) is 4.33. The number of benzene rings is 1. The summed E-state index contributed by atoms with van der Waals surface area (Å²) in [6, 6.07) is 4.57. The predicted octanol–water partition coefficient (Wildman–Crippen LogP) is 0.596. The van der Waals surface area contributed by atoms with E-state index < -0.39 is 25.1 Å². The SMILES string of the molecule is COc1cc(NS(=O)(=O)C2CCS(=O)(=O)CC2)ccc1N. The second-order valence-electron chi connectivity index (χ2n) is 4.95. The molecule has 0 amide bonds. The molecule has 1 aromatic rings. The van der Waals surface area contributed by atoms with E-state index in [1.807, 2.05) is 0 Å². The highest BCUT2D eigenvalue weighted by Gasteiger charge is 2.32. The summed E-state index contributed by atoms with van der Waals surface area (Å²) in [6.45, 7) is 0. The summed E-state index contributed by atoms with van der Waals surface area (Å²) in [5, 5.41) is -0.704. The number of nitrogen functional groups attached to an aromatic ring is 1. The van der Waals surface area contributed by atoms with Crippen molar-refractivity contribution >= 4 is 31.2 Å². The van der Waals surface area contributed by atoms with Crippen molar-refractivity contribution in [2.45, 2.75) is 18.1 Å². The molecule has 0 saturated carbocycles. The normalized spacial score (nSPS) is 19.1. The van der Waals surface area contributed by atoms with Crippen molar-refractivity contribution < 1.29 is 21.6 Å². The fourth-order valence-corrected chi connectivity index (χ4v) is 5.47. The standard InChI is InChI=1S/C12H18N2O5S2/c1-19-12-8-9(2-3-11(12)13)14-21(17,18)10-4-6-20(15,16)7-5-10/h2-3,8,10,14H,4-7,13H2,1H3. The molecule has 0 radical (unpaired) electrons. The van der Waals surface area contributed by atoms with Gasteiger partial charge < -0.3 is 10.5 Å². The molecule has 9 heteroatoms. The highest BCUT2D eigenvalue weighted by Crippen LogP contribution is 2.27. The third-order valence-electron chi connectivity index (χ3n) is 3.43. The highest BCUT2D eigenvalue weighted by atomic mass is 32.2. The Bertz CT molecular complexity index is 714. The molecule has 0 atom stereocenters. The molecular formula is C12H18N2O5S2. The number of methoxy groups -OCH3 is 1. The first-order valence-corrected chi connectivity index (χ1v) is 9.76. The largest absolute Gasteiger partial charge is 0.495 e. The number of nitrogens with two attached hydrogens (primary N) is 1. The van der Waals surface area contributed by atoms with E-state index in [1.165, 1.54) is 19.2 Å². The van der Waals surface area contributed by atoms with Crippen LogP contribution in [0.25, 0.3) is 0 Å². The lowest BCUT2D eigenvalue weighted by Crippen LogP contribution is -2.36. The van der Waals surface area contributed by atoms with Crippen molar-refractivity contribution in [2.75, 3.05) is 29.1 Å². The zero-order valence-electron chi connectivity index (χ0n) is 11.6. The lowest BCUT2D eigenvalue weighted by Gasteiger charge is -2.22. The van der Waals surface area contributed by atoms with Gasteiger partial charge in [-0.25, -0.2) is 16.8 Å². The first-order valence-electron chi connectivity index (χ1n) is 6.39. The van der Waals surface area contributed by atoms with Crippen LogP contribution in [0.2, 0.25) is 0 Å². The van der Waals surface area contributed by atoms with Gasteiger partial charge in [-0.3, -0.25) is 4.72 Å². The summed E-state index contributed by atoms with van der Waals surface area (Å²) >= 11 is 0. The van der Waals surface area contributed by atoms with Crippen LogP contribution in [0.3, 0.4) is 0 Å². The minimum Gasteiger partial charge on any atom is -0.495 e. The summed E-state index contributed by atoms with van der Waals surface area (Å²) in [5.41, 5.74) is 6.42. The van der Waals surface area contributed by atoms with Gasteiger partial charge >= 0.3 is 0 Å². The molecule has 0 aliphatic carbocycles. The Morgan fingerprint density at radius 1 is 1.29 bits per heavy atom. The molecule has 3 N–H and O–H groups in total. The summed E-state index contributed by atoms with van der Waals surface area (Å²) in [6.07, 6.45) is 0.230. The van der Waals surface area contributed by atoms with Crippen molar-refractivity contribution in [2.24, 2.45) is 0 Å². The number of nitrogens with one attached hydrogen (secondary N) is 1. The van der Waals surface area contributed by atoms with Crippen LogP contribution in [0.5, 0.6) is 5.75 Å². The van der Waals surface area contributed by atoms with E-state index in [4.69, 9.17) is 10.5 Å². The smallest absolute Gasteiger partial charge is 0.235 e. The van der Waals surface area contributed by atoms with Crippen LogP contribution in [-0.2, 0) is 19.9 Å². The van der Waals surface area contributed by atoms with Crippen molar-refractivity contribution in [3.63, 3.8) is 0 Å². The van der Waals surface area contributed by atoms with Crippen molar-refractivity contribution in [3.05, 3.63) is 18.2 Å². The molecule has 1 aromatic carbocycles. The monoisotopic (exact) mass is 334 g/mol. The molecule has 1 fully saturated rings. The fourth-order valence-electron chi connectivity index (χ4n) is 2.20. The van der Waals surface area contributed by atoms with Gasteiger partial charge in [0.1, 0.15) is 15.6 Å². The maximum Gasteiger partial charge on any atom is 0.235 e. The van der Waals surface area contributed by atoms with E-state index in [-0.39, 0.29) is 24.3 Å². The third kappa shape index (κ3) is 3.79. The van der Waals surface area contributed by atoms with Crippen LogP contribution in [0, 0.1) is 0 Å². The van der Waals surface area contributed by atoms with Crippen LogP contribution < -0.4 is 15.2 Å². The molecular weight excluding hydrogens is 316 g/mol. The second kappa shape index (κ2) is 5.72. The second-order valence-corrected chi connectivity index (χ2v) is 9.22. The Labute approximate surface area is 124 Å². The number of sulfone groups is 1. The van der Waals surface area contributed by atoms with Crippen LogP contribution in [0.4, 0.5) is 11.4 Å². The van der Waals surface area contributed by atoms with Crippen LogP contribution in [0.15, 0.2) is 18.2 Å². The van der Waals surface area contributed by atoms with Crippen molar-refractivity contribution in [3.8, 4) is 5.75 Å². The number of rotatable bonds is 4. The number of ether oxygens (including phenoxy) is 1. The molecule has 0 unspecified atom stereocenters. The van der Waals surface area contributed by atoms with Gasteiger partial charge in [0.2, 0.25) is 10.0 Å². The lowest BCUT2D eigenvalue weighted by molar-refractivity contribution is 0.417. The van der Waals surface area contributed by atoms with E-state index in [1.54, 1.807) is 6.07 Å². The molecule has 1 aliphatic heterocycles. The Hall–Kier alpha value is -1.48. The zero-order valence-corrected chi connectivity index (χ0v) is 13.2. The molecule has 1 heterocycles. The van der Waals surface area contributed by atoms with Gasteiger partial charge in [0, 0.05) is 6.07 Å². The van der Waals surface area contributed by atoms with Gasteiger partial charge in [-0.2, -0.15) is 0 Å². The van der Waals surface area contributed by atoms with E-state index in [0.717, 1.165) is 0 Å². The maximum absolute atomic E-state index is 12.3. The highest BCUT2D eigenvalue weighted by molar-refractivity contribution is 7.94. The third-order valence-corrected chi connectivity index (χ3v) is 7.02. The summed E-state index contributed by atoms with van der Waals surface area (Å²) in [7, 11) is -5.29. The molecule has 0 spiro atoms. The summed E-state index contributed by atoms with van der Waals surface area (Å²) in [4.78, 5) is 0. The van der Waals surface area contributed by atoms with E-state index in [0.29, 0.717) is 17.1 Å². The molecule has 1 saturated heterocycles. The predicted molar refractivity (Wildman–Crippen MR) is 81.6 cm³/mol. The molecule has 0 bridgehead atoms. The van der Waals surface area contributed by atoms with Gasteiger partial charge in [0.05, 0.1) is 35.2 Å². The van der Waals surface area contributed by atoms with Gasteiger partial charge in [-0.05, 0) is 25.0 Å². The average Bonchev–Trinajstić information content (AvgIpc) is 2.40. The molecule has 7 nitrogen and oxygen atoms in total. The number of sulfonamides is 1. The van der Waals surface area contributed by atoms with E-state index in [9.17, 15) is 16.8 Å². The topological polar surface area (TPSA) is 116 Å². The van der Waals surface area contributed by atoms with Gasteiger partial charge in [-0.1, -0.05) is 0 Å². The Balaban J connectivity index is 2.15. The Morgan fingerprint density at radius 3 is 2.48 bits per heavy atom. The summed E-state index contributed by atoms with van der Waals surface area (Å²) < 4.78 is 54.8. The van der Waals surface area contributed by atoms with Crippen LogP contribution in [-0.4, -0.2) is 40.7 Å². The molecule has 2 rings (SSSR count). The van der Waals surface area contributed by atoms with Crippen LogP contribution >= 0.6 is 0 Å². The number of anilines is 2. The molecule has 118 valence electrons. The van der Waals surface area contributed by atoms with Crippen molar-refractivity contribution in [1.82, 2.24) is 0 Å². The quantitative estimate of drug-likeness (QED) is 0.779. The van der Waals surface area contributed by atoms with Crippen molar-refractivity contribution in [1.29, 1.82) is 0 Å². The maximum atomic E-state index is 12.3. The average molecular weight is 334 g/mol. The number of hydrogen-bond acceptors (Lipinski definition) is 6. The zero-order chi connectivity index (χ0) is 15.7. The first kappa shape index (κ1) is 15.9. The van der Waals surface area contributed by atoms with E-state index >= 15 is 0 Å². The van der Waals surface area contributed by atoms with E-state index in [2.05, 4.69) is 4.72 Å². The Morgan fingerprint density at radius 2 is 1.90 bits per heavy atom. The van der Waals surface area contributed by atoms with Crippen LogP contribution in [0.1, 0.15) is 12.8 Å². The molecule has 21 heavy (non-hydrogen) atoms. The molecule has 0 aromatic heterocycles. The molecule has 1 aliphatic rings. The first-order chi connectivity index (χ1) is 9.73.